The van der Waals surface area contributed by atoms with Crippen molar-refractivity contribution in [2.45, 2.75) is 51.6 Å². The minimum atomic E-state index is -0.360. The molecule has 0 bridgehead atoms. The second-order valence-corrected chi connectivity index (χ2v) is 6.35. The first kappa shape index (κ1) is 13.5. The average Bonchev–Trinajstić information content (AvgIpc) is 2.71. The molecule has 0 saturated heterocycles. The Morgan fingerprint density at radius 3 is 3.06 bits per heavy atom. The van der Waals surface area contributed by atoms with Gasteiger partial charge in [-0.15, -0.1) is 11.3 Å². The van der Waals surface area contributed by atoms with Gasteiger partial charge in [-0.05, 0) is 26.7 Å². The first-order chi connectivity index (χ1) is 8.49. The minimum absolute atomic E-state index is 0.0627. The number of carbonyl (C=O) groups is 1. The fourth-order valence-electron chi connectivity index (χ4n) is 2.56. The van der Waals surface area contributed by atoms with Crippen LogP contribution in [0.15, 0.2) is 5.38 Å². The topological polar surface area (TPSA) is 68.0 Å². The Morgan fingerprint density at radius 2 is 2.44 bits per heavy atom. The Hall–Kier alpha value is -0.940. The van der Waals surface area contributed by atoms with E-state index in [9.17, 15) is 4.79 Å². The molecule has 2 rings (SSSR count). The number of nitrogens with one attached hydrogen (secondary N) is 1. The van der Waals surface area contributed by atoms with Gasteiger partial charge in [-0.25, -0.2) is 4.98 Å². The van der Waals surface area contributed by atoms with E-state index in [4.69, 9.17) is 5.73 Å². The smallest absolute Gasteiger partial charge is 0.225 e. The van der Waals surface area contributed by atoms with Crippen LogP contribution in [0.25, 0.3) is 0 Å². The summed E-state index contributed by atoms with van der Waals surface area (Å²) in [5.41, 5.74) is 6.87. The molecule has 1 aliphatic rings. The Labute approximate surface area is 112 Å². The molecule has 1 heterocycles. The molecule has 1 saturated carbocycles. The van der Waals surface area contributed by atoms with Gasteiger partial charge >= 0.3 is 0 Å². The normalized spacial score (nSPS) is 28.1. The lowest BCUT2D eigenvalue weighted by Gasteiger charge is -2.37. The van der Waals surface area contributed by atoms with Gasteiger partial charge in [0.1, 0.15) is 5.01 Å². The summed E-state index contributed by atoms with van der Waals surface area (Å²) in [7, 11) is 0. The van der Waals surface area contributed by atoms with Gasteiger partial charge < -0.3 is 11.1 Å². The first-order valence-electron chi connectivity index (χ1n) is 6.46. The highest BCUT2D eigenvalue weighted by atomic mass is 32.1. The van der Waals surface area contributed by atoms with Crippen LogP contribution in [0.1, 0.15) is 43.3 Å². The second-order valence-electron chi connectivity index (χ2n) is 5.40. The predicted octanol–water partition coefficient (Wildman–Crippen LogP) is 1.98. The zero-order chi connectivity index (χ0) is 13.2. The largest absolute Gasteiger partial charge is 0.349 e. The maximum absolute atomic E-state index is 12.2. The van der Waals surface area contributed by atoms with Crippen molar-refractivity contribution in [1.29, 1.82) is 0 Å². The highest BCUT2D eigenvalue weighted by Crippen LogP contribution is 2.31. The summed E-state index contributed by atoms with van der Waals surface area (Å²) in [6.07, 6.45) is 4.06. The van der Waals surface area contributed by atoms with E-state index in [0.29, 0.717) is 6.54 Å². The van der Waals surface area contributed by atoms with Crippen molar-refractivity contribution in [2.24, 2.45) is 11.7 Å². The van der Waals surface area contributed by atoms with Gasteiger partial charge in [-0.2, -0.15) is 0 Å². The number of nitrogens with two attached hydrogens (primary N) is 1. The van der Waals surface area contributed by atoms with Gasteiger partial charge in [0, 0.05) is 16.6 Å². The molecule has 0 spiro atoms. The summed E-state index contributed by atoms with van der Waals surface area (Å²) in [6, 6.07) is 0. The number of hydrogen-bond acceptors (Lipinski definition) is 4. The third-order valence-corrected chi connectivity index (χ3v) is 4.62. The van der Waals surface area contributed by atoms with Gasteiger partial charge in [-0.3, -0.25) is 4.79 Å². The number of carbonyl (C=O) groups excluding carboxylic acids is 1. The van der Waals surface area contributed by atoms with Crippen molar-refractivity contribution >= 4 is 17.2 Å². The van der Waals surface area contributed by atoms with Crippen LogP contribution in [0.4, 0.5) is 0 Å². The van der Waals surface area contributed by atoms with Gasteiger partial charge in [0.05, 0.1) is 12.5 Å². The lowest BCUT2D eigenvalue weighted by Crippen LogP contribution is -2.52. The van der Waals surface area contributed by atoms with Crippen LogP contribution < -0.4 is 11.1 Å². The fraction of sp³-hybridized carbons (Fsp3) is 0.692. The lowest BCUT2D eigenvalue weighted by molar-refractivity contribution is -0.128. The third kappa shape index (κ3) is 3.09. The predicted molar refractivity (Wildman–Crippen MR) is 73.2 cm³/mol. The molecule has 18 heavy (non-hydrogen) atoms. The van der Waals surface area contributed by atoms with Crippen LogP contribution in [-0.2, 0) is 11.3 Å². The molecule has 1 aromatic heterocycles. The molecule has 100 valence electrons. The molecule has 2 unspecified atom stereocenters. The quantitative estimate of drug-likeness (QED) is 0.880. The molecular weight excluding hydrogens is 246 g/mol. The minimum Gasteiger partial charge on any atom is -0.349 e. The summed E-state index contributed by atoms with van der Waals surface area (Å²) in [5, 5.41) is 5.92. The Bertz CT molecular complexity index is 428. The summed E-state index contributed by atoms with van der Waals surface area (Å²) in [6.45, 7) is 4.47. The molecular formula is C13H21N3OS. The summed E-state index contributed by atoms with van der Waals surface area (Å²) in [5.74, 6) is 0.0138. The number of aromatic nitrogens is 1. The van der Waals surface area contributed by atoms with E-state index < -0.39 is 0 Å². The Morgan fingerprint density at radius 1 is 1.67 bits per heavy atom. The van der Waals surface area contributed by atoms with Crippen molar-refractivity contribution in [2.75, 3.05) is 0 Å². The molecule has 0 aromatic carbocycles. The third-order valence-electron chi connectivity index (χ3n) is 3.65. The molecule has 2 atom stereocenters. The van der Waals surface area contributed by atoms with Crippen LogP contribution in [0.3, 0.4) is 0 Å². The van der Waals surface area contributed by atoms with Gasteiger partial charge in [0.15, 0.2) is 0 Å². The molecule has 0 radical (unpaired) electrons. The SMILES string of the molecule is Cc1csc(CNC(=O)C2CCCCC2(C)N)n1. The Kier molecular flexibility index (Phi) is 4.02. The molecule has 1 fully saturated rings. The maximum atomic E-state index is 12.2. The number of thiazole rings is 1. The molecule has 4 nitrogen and oxygen atoms in total. The zero-order valence-electron chi connectivity index (χ0n) is 11.0. The van der Waals surface area contributed by atoms with Gasteiger partial charge in [0.2, 0.25) is 5.91 Å². The van der Waals surface area contributed by atoms with E-state index in [1.165, 1.54) is 0 Å². The van der Waals surface area contributed by atoms with Crippen LogP contribution in [0.2, 0.25) is 0 Å². The van der Waals surface area contributed by atoms with Crippen LogP contribution >= 0.6 is 11.3 Å². The monoisotopic (exact) mass is 267 g/mol. The van der Waals surface area contributed by atoms with Crippen LogP contribution in [-0.4, -0.2) is 16.4 Å². The summed E-state index contributed by atoms with van der Waals surface area (Å²) < 4.78 is 0. The van der Waals surface area contributed by atoms with Crippen LogP contribution in [0, 0.1) is 12.8 Å². The number of aryl methyl sites for hydroxylation is 1. The average molecular weight is 267 g/mol. The van der Waals surface area contributed by atoms with Gasteiger partial charge in [0.25, 0.3) is 0 Å². The fourth-order valence-corrected chi connectivity index (χ4v) is 3.27. The highest BCUT2D eigenvalue weighted by molar-refractivity contribution is 7.09. The van der Waals surface area contributed by atoms with E-state index in [-0.39, 0.29) is 17.4 Å². The molecule has 5 heteroatoms. The zero-order valence-corrected chi connectivity index (χ0v) is 11.8. The highest BCUT2D eigenvalue weighted by Gasteiger charge is 2.37. The molecule has 0 aliphatic heterocycles. The van der Waals surface area contributed by atoms with Crippen molar-refractivity contribution in [3.8, 4) is 0 Å². The molecule has 1 amide bonds. The standard InChI is InChI=1S/C13H21N3OS/c1-9-8-18-11(16-9)7-15-12(17)10-5-3-4-6-13(10,2)14/h8,10H,3-7,14H2,1-2H3,(H,15,17). The van der Waals surface area contributed by atoms with E-state index in [0.717, 1.165) is 36.4 Å². The molecule has 1 aliphatic carbocycles. The first-order valence-corrected chi connectivity index (χ1v) is 7.34. The number of amides is 1. The van der Waals surface area contributed by atoms with Crippen molar-refractivity contribution in [3.63, 3.8) is 0 Å². The van der Waals surface area contributed by atoms with Crippen molar-refractivity contribution < 1.29 is 4.79 Å². The number of nitrogens with zero attached hydrogens (tertiary/aromatic N) is 1. The van der Waals surface area contributed by atoms with Crippen LogP contribution in [0.5, 0.6) is 0 Å². The van der Waals surface area contributed by atoms with Crippen molar-refractivity contribution in [3.05, 3.63) is 16.1 Å². The number of hydrogen-bond donors (Lipinski definition) is 2. The van der Waals surface area contributed by atoms with E-state index in [2.05, 4.69) is 10.3 Å². The maximum Gasteiger partial charge on any atom is 0.225 e. The lowest BCUT2D eigenvalue weighted by atomic mass is 9.74. The van der Waals surface area contributed by atoms with E-state index >= 15 is 0 Å². The molecule has 1 aromatic rings. The van der Waals surface area contributed by atoms with Crippen molar-refractivity contribution in [1.82, 2.24) is 10.3 Å². The van der Waals surface area contributed by atoms with E-state index in [1.807, 2.05) is 19.2 Å². The van der Waals surface area contributed by atoms with Gasteiger partial charge in [-0.1, -0.05) is 12.8 Å². The Balaban J connectivity index is 1.91. The molecule has 3 N–H and O–H groups in total. The summed E-state index contributed by atoms with van der Waals surface area (Å²) in [4.78, 5) is 16.5. The summed E-state index contributed by atoms with van der Waals surface area (Å²) >= 11 is 1.58. The second kappa shape index (κ2) is 5.36. The number of rotatable bonds is 3. The van der Waals surface area contributed by atoms with E-state index in [1.54, 1.807) is 11.3 Å².